The summed E-state index contributed by atoms with van der Waals surface area (Å²) in [6, 6.07) is 5.08. The number of nitrogens with one attached hydrogen (secondary N) is 1. The first-order chi connectivity index (χ1) is 15.1. The maximum Gasteiger partial charge on any atom is 0.421 e. The minimum atomic E-state index is -4.62. The lowest BCUT2D eigenvalue weighted by Crippen LogP contribution is -2.44. The zero-order chi connectivity index (χ0) is 23.4. The Kier molecular flexibility index (Phi) is 7.31. The fourth-order valence-corrected chi connectivity index (χ4v) is 5.13. The predicted octanol–water partition coefficient (Wildman–Crippen LogP) is 1.96. The van der Waals surface area contributed by atoms with Gasteiger partial charge in [0.2, 0.25) is 15.9 Å². The van der Waals surface area contributed by atoms with Crippen molar-refractivity contribution in [2.45, 2.75) is 31.0 Å². The second-order valence-electron chi connectivity index (χ2n) is 7.16. The summed E-state index contributed by atoms with van der Waals surface area (Å²) in [7, 11) is -3.93. The van der Waals surface area contributed by atoms with Crippen molar-refractivity contribution in [1.29, 1.82) is 0 Å². The molecule has 9 nitrogen and oxygen atoms in total. The Morgan fingerprint density at radius 1 is 1.25 bits per heavy atom. The summed E-state index contributed by atoms with van der Waals surface area (Å²) in [5, 5.41) is 9.00. The van der Waals surface area contributed by atoms with Gasteiger partial charge in [-0.05, 0) is 36.6 Å². The number of hydrogen-bond acceptors (Lipinski definition) is 7. The van der Waals surface area contributed by atoms with Crippen molar-refractivity contribution in [2.24, 2.45) is 0 Å². The first-order valence-corrected chi connectivity index (χ1v) is 11.2. The Hall–Kier alpha value is -2.77. The highest BCUT2D eigenvalue weighted by molar-refractivity contribution is 7.89. The molecule has 0 aliphatic carbocycles. The maximum absolute atomic E-state index is 13.1. The van der Waals surface area contributed by atoms with Gasteiger partial charge in [-0.25, -0.2) is 23.2 Å². The molecule has 174 valence electrons. The van der Waals surface area contributed by atoms with Crippen LogP contribution < -0.4 is 10.2 Å². The van der Waals surface area contributed by atoms with E-state index in [1.807, 2.05) is 0 Å². The number of pyridine rings is 2. The van der Waals surface area contributed by atoms with E-state index in [2.05, 4.69) is 9.97 Å². The fourth-order valence-electron chi connectivity index (χ4n) is 3.39. The third-order valence-corrected chi connectivity index (χ3v) is 6.95. The molecule has 3 rings (SSSR count). The first kappa shape index (κ1) is 23.9. The smallest absolute Gasteiger partial charge is 0.421 e. The van der Waals surface area contributed by atoms with E-state index in [9.17, 15) is 26.4 Å². The normalized spacial score (nSPS) is 17.0. The van der Waals surface area contributed by atoms with Crippen LogP contribution in [0.5, 0.6) is 5.88 Å². The van der Waals surface area contributed by atoms with Crippen LogP contribution in [0.2, 0.25) is 0 Å². The van der Waals surface area contributed by atoms with Gasteiger partial charge in [-0.3, -0.25) is 15.0 Å². The standard InChI is InChI=1S/C19H21F3N4O5S/c20-19(21,22)16-4-2-8-24-18(16)31-14-5-9-26(10-6-14)32(29,30)12-15(17(27)25-28)13-3-1-7-23-11-13/h1-4,7-8,11,14-15,28H,5-6,9-10,12H2,(H,25,27)/t15-/m1/s1. The summed E-state index contributed by atoms with van der Waals surface area (Å²) in [5.41, 5.74) is 0.792. The first-order valence-electron chi connectivity index (χ1n) is 9.62. The van der Waals surface area contributed by atoms with Crippen LogP contribution in [0.15, 0.2) is 42.9 Å². The predicted molar refractivity (Wildman–Crippen MR) is 105 cm³/mol. The van der Waals surface area contributed by atoms with Crippen LogP contribution in [0.1, 0.15) is 29.9 Å². The number of nitrogens with zero attached hydrogens (tertiary/aromatic N) is 3. The lowest BCUT2D eigenvalue weighted by atomic mass is 10.0. The van der Waals surface area contributed by atoms with Gasteiger partial charge >= 0.3 is 6.18 Å². The molecule has 0 unspecified atom stereocenters. The highest BCUT2D eigenvalue weighted by atomic mass is 32.2. The lowest BCUT2D eigenvalue weighted by molar-refractivity contribution is -0.139. The van der Waals surface area contributed by atoms with Crippen molar-refractivity contribution >= 4 is 15.9 Å². The molecule has 1 amide bonds. The number of aromatic nitrogens is 2. The average Bonchev–Trinajstić information content (AvgIpc) is 2.77. The fraction of sp³-hybridized carbons (Fsp3) is 0.421. The van der Waals surface area contributed by atoms with Crippen molar-refractivity contribution in [3.05, 3.63) is 54.0 Å². The minimum absolute atomic E-state index is 0.00168. The van der Waals surface area contributed by atoms with E-state index < -0.39 is 51.3 Å². The minimum Gasteiger partial charge on any atom is -0.474 e. The van der Waals surface area contributed by atoms with Gasteiger partial charge in [0, 0.05) is 31.7 Å². The van der Waals surface area contributed by atoms with E-state index in [-0.39, 0.29) is 25.9 Å². The molecule has 32 heavy (non-hydrogen) atoms. The molecule has 2 aromatic heterocycles. The number of sulfonamides is 1. The molecule has 3 heterocycles. The molecule has 1 aliphatic heterocycles. The summed E-state index contributed by atoms with van der Waals surface area (Å²) < 4.78 is 71.7. The van der Waals surface area contributed by atoms with E-state index in [4.69, 9.17) is 9.94 Å². The Morgan fingerprint density at radius 3 is 2.53 bits per heavy atom. The average molecular weight is 474 g/mol. The van der Waals surface area contributed by atoms with Crippen molar-refractivity contribution < 1.29 is 36.3 Å². The van der Waals surface area contributed by atoms with E-state index >= 15 is 0 Å². The summed E-state index contributed by atoms with van der Waals surface area (Å²) >= 11 is 0. The Bertz CT molecular complexity index is 1030. The maximum atomic E-state index is 13.1. The van der Waals surface area contributed by atoms with Gasteiger partial charge in [0.05, 0.1) is 11.7 Å². The Labute approximate surface area is 182 Å². The second-order valence-corrected chi connectivity index (χ2v) is 9.18. The third-order valence-electron chi connectivity index (χ3n) is 5.04. The van der Waals surface area contributed by atoms with Gasteiger partial charge in [0.15, 0.2) is 0 Å². The lowest BCUT2D eigenvalue weighted by Gasteiger charge is -2.32. The molecule has 0 saturated carbocycles. The molecule has 0 spiro atoms. The summed E-state index contributed by atoms with van der Waals surface area (Å²) in [6.45, 7) is 0.00335. The molecule has 0 bridgehead atoms. The SMILES string of the molecule is O=C(NO)[C@H](CS(=O)(=O)N1CCC(Oc2ncccc2C(F)(F)F)CC1)c1cccnc1. The molecule has 1 atom stereocenters. The van der Waals surface area contributed by atoms with Gasteiger partial charge in [0.1, 0.15) is 11.7 Å². The van der Waals surface area contributed by atoms with Crippen molar-refractivity contribution in [3.63, 3.8) is 0 Å². The van der Waals surface area contributed by atoms with E-state index in [0.717, 1.165) is 16.4 Å². The Balaban J connectivity index is 1.66. The molecule has 2 N–H and O–H groups in total. The van der Waals surface area contributed by atoms with Crippen molar-refractivity contribution in [3.8, 4) is 5.88 Å². The van der Waals surface area contributed by atoms with Crippen LogP contribution >= 0.6 is 0 Å². The van der Waals surface area contributed by atoms with Crippen molar-refractivity contribution in [2.75, 3.05) is 18.8 Å². The molecular weight excluding hydrogens is 453 g/mol. The number of halogens is 3. The summed E-state index contributed by atoms with van der Waals surface area (Å²) in [6.07, 6.45) is -0.985. The molecule has 1 aliphatic rings. The molecule has 1 saturated heterocycles. The van der Waals surface area contributed by atoms with E-state index in [1.54, 1.807) is 0 Å². The van der Waals surface area contributed by atoms with Crippen molar-refractivity contribution in [1.82, 2.24) is 19.8 Å². The number of amides is 1. The van der Waals surface area contributed by atoms with Gasteiger partial charge in [-0.2, -0.15) is 13.2 Å². The van der Waals surface area contributed by atoms with Crippen LogP contribution in [0.3, 0.4) is 0 Å². The van der Waals surface area contributed by atoms with Crippen LogP contribution in [-0.4, -0.2) is 58.8 Å². The monoisotopic (exact) mass is 474 g/mol. The van der Waals surface area contributed by atoms with Crippen LogP contribution in [0.4, 0.5) is 13.2 Å². The summed E-state index contributed by atoms with van der Waals surface area (Å²) in [5.74, 6) is -3.22. The highest BCUT2D eigenvalue weighted by Crippen LogP contribution is 2.35. The molecule has 0 aromatic carbocycles. The zero-order valence-electron chi connectivity index (χ0n) is 16.7. The third kappa shape index (κ3) is 5.72. The number of ether oxygens (including phenoxy) is 1. The van der Waals surface area contributed by atoms with E-state index in [1.165, 1.54) is 36.2 Å². The van der Waals surface area contributed by atoms with Gasteiger partial charge in [-0.15, -0.1) is 0 Å². The molecule has 13 heteroatoms. The molecule has 2 aromatic rings. The highest BCUT2D eigenvalue weighted by Gasteiger charge is 2.37. The van der Waals surface area contributed by atoms with Crippen LogP contribution in [0.25, 0.3) is 0 Å². The number of carbonyl (C=O) groups excluding carboxylic acids is 1. The van der Waals surface area contributed by atoms with Crippen LogP contribution in [-0.2, 0) is 21.0 Å². The van der Waals surface area contributed by atoms with Crippen LogP contribution in [0, 0.1) is 0 Å². The van der Waals surface area contributed by atoms with E-state index in [0.29, 0.717) is 5.56 Å². The van der Waals surface area contributed by atoms with Gasteiger partial charge in [0.25, 0.3) is 5.91 Å². The number of hydrogen-bond donors (Lipinski definition) is 2. The number of rotatable bonds is 7. The number of carbonyl (C=O) groups is 1. The Morgan fingerprint density at radius 2 is 1.94 bits per heavy atom. The number of hydroxylamine groups is 1. The molecular formula is C19H21F3N4O5S. The topological polar surface area (TPSA) is 122 Å². The second kappa shape index (κ2) is 9.79. The number of piperidine rings is 1. The quantitative estimate of drug-likeness (QED) is 0.465. The number of alkyl halides is 3. The van der Waals surface area contributed by atoms with Gasteiger partial charge < -0.3 is 4.74 Å². The molecule has 1 fully saturated rings. The zero-order valence-corrected chi connectivity index (χ0v) is 17.5. The summed E-state index contributed by atoms with van der Waals surface area (Å²) in [4.78, 5) is 19.6. The van der Waals surface area contributed by atoms with Gasteiger partial charge in [-0.1, -0.05) is 6.07 Å². The largest absolute Gasteiger partial charge is 0.474 e. The molecule has 0 radical (unpaired) electrons.